The fraction of sp³-hybridized carbons (Fsp3) is 0.880. The van der Waals surface area contributed by atoms with Gasteiger partial charge in [0.05, 0.1) is 19.1 Å². The van der Waals surface area contributed by atoms with Crippen LogP contribution in [0.15, 0.2) is 0 Å². The molecule has 1 aliphatic rings. The van der Waals surface area contributed by atoms with E-state index >= 15 is 0 Å². The van der Waals surface area contributed by atoms with E-state index in [1.54, 1.807) is 0 Å². The topological polar surface area (TPSA) is 110 Å². The van der Waals surface area contributed by atoms with Crippen molar-refractivity contribution in [2.75, 3.05) is 79.0 Å². The van der Waals surface area contributed by atoms with E-state index in [0.717, 1.165) is 58.5 Å². The lowest BCUT2D eigenvalue weighted by Gasteiger charge is -2.32. The second-order valence-corrected chi connectivity index (χ2v) is 9.99. The van der Waals surface area contributed by atoms with Crippen LogP contribution in [0.2, 0.25) is 0 Å². The number of rotatable bonds is 13. The highest BCUT2D eigenvalue weighted by Gasteiger charge is 2.18. The zero-order valence-corrected chi connectivity index (χ0v) is 22.0. The number of Topliss-reactive ketones (excluding diaryl/α,β-unsaturated/α-hetero) is 2. The summed E-state index contributed by atoms with van der Waals surface area (Å²) < 4.78 is 0. The lowest BCUT2D eigenvalue weighted by Crippen LogP contribution is -2.47. The van der Waals surface area contributed by atoms with Gasteiger partial charge >= 0.3 is 5.97 Å². The highest BCUT2D eigenvalue weighted by molar-refractivity contribution is 5.85. The van der Waals surface area contributed by atoms with Gasteiger partial charge in [0.25, 0.3) is 0 Å². The minimum atomic E-state index is -0.813. The number of carbonyl (C=O) groups is 3. The number of nitrogens with zero attached hydrogens (tertiary/aromatic N) is 4. The second-order valence-electron chi connectivity index (χ2n) is 9.99. The van der Waals surface area contributed by atoms with E-state index in [4.69, 9.17) is 5.73 Å². The van der Waals surface area contributed by atoms with Gasteiger partial charge in [0, 0.05) is 64.7 Å². The fourth-order valence-electron chi connectivity index (χ4n) is 4.22. The SMILES string of the molecule is CCN1CCN(C)CCN(CC(=O)CCCCC[C@H](N)C(=O)C(C)C)CCN(CC(=O)O)CC1. The molecule has 1 saturated heterocycles. The van der Waals surface area contributed by atoms with E-state index in [1.165, 1.54) is 0 Å². The molecule has 34 heavy (non-hydrogen) atoms. The Morgan fingerprint density at radius 1 is 0.824 bits per heavy atom. The molecular formula is C25H49N5O4. The number of likely N-dealkylation sites (N-methyl/N-ethyl adjacent to an activating group) is 2. The lowest BCUT2D eigenvalue weighted by molar-refractivity contribution is -0.138. The van der Waals surface area contributed by atoms with Gasteiger partial charge in [-0.3, -0.25) is 24.2 Å². The highest BCUT2D eigenvalue weighted by Crippen LogP contribution is 2.09. The van der Waals surface area contributed by atoms with Crippen molar-refractivity contribution < 1.29 is 19.5 Å². The molecule has 0 unspecified atom stereocenters. The molecule has 0 aromatic rings. The molecule has 0 amide bonds. The summed E-state index contributed by atoms with van der Waals surface area (Å²) in [5, 5.41) is 9.30. The number of nitrogens with two attached hydrogens (primary N) is 1. The molecule has 1 atom stereocenters. The minimum absolute atomic E-state index is 0.0285. The lowest BCUT2D eigenvalue weighted by atomic mass is 9.97. The van der Waals surface area contributed by atoms with Gasteiger partial charge in [-0.25, -0.2) is 0 Å². The van der Waals surface area contributed by atoms with Gasteiger partial charge in [0.1, 0.15) is 5.78 Å². The molecule has 1 fully saturated rings. The van der Waals surface area contributed by atoms with E-state index in [9.17, 15) is 19.5 Å². The fourth-order valence-corrected chi connectivity index (χ4v) is 4.22. The summed E-state index contributed by atoms with van der Waals surface area (Å²) in [5.74, 6) is -0.519. The first-order valence-corrected chi connectivity index (χ1v) is 13.0. The number of hydrogen-bond acceptors (Lipinski definition) is 8. The third-order valence-corrected chi connectivity index (χ3v) is 6.67. The summed E-state index contributed by atoms with van der Waals surface area (Å²) in [4.78, 5) is 44.7. The van der Waals surface area contributed by atoms with E-state index in [1.807, 2.05) is 18.7 Å². The summed E-state index contributed by atoms with van der Waals surface area (Å²) in [5.41, 5.74) is 5.95. The summed E-state index contributed by atoms with van der Waals surface area (Å²) in [6.07, 6.45) is 3.78. The zero-order chi connectivity index (χ0) is 25.5. The number of hydrogen-bond donors (Lipinski definition) is 2. The van der Waals surface area contributed by atoms with Gasteiger partial charge in [0.2, 0.25) is 0 Å². The monoisotopic (exact) mass is 483 g/mol. The van der Waals surface area contributed by atoms with Crippen LogP contribution in [-0.4, -0.2) is 127 Å². The Hall–Kier alpha value is -1.39. The molecule has 0 radical (unpaired) electrons. The maximum Gasteiger partial charge on any atom is 0.317 e. The van der Waals surface area contributed by atoms with E-state index < -0.39 is 12.0 Å². The summed E-state index contributed by atoms with van der Waals surface area (Å²) >= 11 is 0. The molecule has 3 N–H and O–H groups in total. The molecular weight excluding hydrogens is 434 g/mol. The summed E-state index contributed by atoms with van der Waals surface area (Å²) in [6.45, 7) is 13.7. The largest absolute Gasteiger partial charge is 0.480 e. The summed E-state index contributed by atoms with van der Waals surface area (Å²) in [7, 11) is 2.12. The molecule has 0 aromatic carbocycles. The molecule has 9 nitrogen and oxygen atoms in total. The Bertz CT molecular complexity index is 616. The molecule has 9 heteroatoms. The van der Waals surface area contributed by atoms with E-state index in [2.05, 4.69) is 28.7 Å². The van der Waals surface area contributed by atoms with Crippen LogP contribution in [0.4, 0.5) is 0 Å². The smallest absolute Gasteiger partial charge is 0.317 e. The molecule has 1 rings (SSSR count). The van der Waals surface area contributed by atoms with Gasteiger partial charge in [0.15, 0.2) is 5.78 Å². The van der Waals surface area contributed by atoms with Gasteiger partial charge in [-0.15, -0.1) is 0 Å². The standard InChI is InChI=1S/C25H49N5O4/c1-5-28-13-11-27(4)12-14-29(17-18-30(16-15-28)20-24(32)33)19-22(31)9-7-6-8-10-23(26)25(34)21(2)3/h21,23H,5-20,26H2,1-4H3,(H,32,33)/t23-/m0/s1. The molecule has 0 aromatic heterocycles. The van der Waals surface area contributed by atoms with Crippen LogP contribution in [-0.2, 0) is 14.4 Å². The molecule has 0 spiro atoms. The van der Waals surface area contributed by atoms with Crippen molar-refractivity contribution in [3.05, 3.63) is 0 Å². The molecule has 1 heterocycles. The van der Waals surface area contributed by atoms with Crippen molar-refractivity contribution in [2.24, 2.45) is 11.7 Å². The van der Waals surface area contributed by atoms with Crippen LogP contribution in [0.25, 0.3) is 0 Å². The van der Waals surface area contributed by atoms with Crippen molar-refractivity contribution in [1.82, 2.24) is 19.6 Å². The van der Waals surface area contributed by atoms with Crippen LogP contribution in [0, 0.1) is 5.92 Å². The third kappa shape index (κ3) is 13.5. The van der Waals surface area contributed by atoms with Crippen LogP contribution in [0.5, 0.6) is 0 Å². The van der Waals surface area contributed by atoms with Crippen molar-refractivity contribution >= 4 is 17.5 Å². The number of ketones is 2. The molecule has 0 bridgehead atoms. The number of carboxylic acids is 1. The molecule has 0 aliphatic carbocycles. The van der Waals surface area contributed by atoms with Gasteiger partial charge < -0.3 is 20.6 Å². The first kappa shape index (κ1) is 30.6. The maximum absolute atomic E-state index is 12.7. The van der Waals surface area contributed by atoms with Gasteiger partial charge in [-0.05, 0) is 26.4 Å². The minimum Gasteiger partial charge on any atom is -0.480 e. The van der Waals surface area contributed by atoms with Crippen molar-refractivity contribution in [3.8, 4) is 0 Å². The Kier molecular flexibility index (Phi) is 15.4. The van der Waals surface area contributed by atoms with Crippen molar-refractivity contribution in [1.29, 1.82) is 0 Å². The number of unbranched alkanes of at least 4 members (excludes halogenated alkanes) is 2. The molecule has 1 aliphatic heterocycles. The van der Waals surface area contributed by atoms with Crippen LogP contribution >= 0.6 is 0 Å². The highest BCUT2D eigenvalue weighted by atomic mass is 16.4. The van der Waals surface area contributed by atoms with Gasteiger partial charge in [-0.2, -0.15) is 0 Å². The Morgan fingerprint density at radius 3 is 1.91 bits per heavy atom. The Labute approximate surface area is 206 Å². The predicted octanol–water partition coefficient (Wildman–Crippen LogP) is 1.01. The van der Waals surface area contributed by atoms with Crippen molar-refractivity contribution in [3.63, 3.8) is 0 Å². The first-order valence-electron chi connectivity index (χ1n) is 13.0. The Morgan fingerprint density at radius 2 is 1.35 bits per heavy atom. The van der Waals surface area contributed by atoms with E-state index in [-0.39, 0.29) is 24.0 Å². The Balaban J connectivity index is 2.51. The number of carbonyl (C=O) groups excluding carboxylic acids is 2. The number of carboxylic acid groups (broad SMARTS) is 1. The first-order chi connectivity index (χ1) is 16.1. The number of aliphatic carboxylic acids is 1. The predicted molar refractivity (Wildman–Crippen MR) is 136 cm³/mol. The molecule has 0 saturated carbocycles. The van der Waals surface area contributed by atoms with Gasteiger partial charge in [-0.1, -0.05) is 33.6 Å². The van der Waals surface area contributed by atoms with Crippen LogP contribution in [0.3, 0.4) is 0 Å². The zero-order valence-electron chi connectivity index (χ0n) is 22.0. The maximum atomic E-state index is 12.7. The van der Waals surface area contributed by atoms with E-state index in [0.29, 0.717) is 39.0 Å². The summed E-state index contributed by atoms with van der Waals surface area (Å²) in [6, 6.07) is -0.395. The third-order valence-electron chi connectivity index (χ3n) is 6.67. The second kappa shape index (κ2) is 17.1. The van der Waals surface area contributed by atoms with Crippen molar-refractivity contribution in [2.45, 2.75) is 58.9 Å². The van der Waals surface area contributed by atoms with Crippen LogP contribution in [0.1, 0.15) is 52.9 Å². The quantitative estimate of drug-likeness (QED) is 0.371. The average Bonchev–Trinajstić information content (AvgIpc) is 2.78. The normalized spacial score (nSPS) is 19.5. The van der Waals surface area contributed by atoms with Crippen LogP contribution < -0.4 is 5.73 Å². The average molecular weight is 484 g/mol. The molecule has 198 valence electrons.